The predicted molar refractivity (Wildman–Crippen MR) is 95.1 cm³/mol. The number of carbonyl (C=O) groups excluding carboxylic acids is 2. The zero-order chi connectivity index (χ0) is 17.1. The second kappa shape index (κ2) is 6.66. The molecule has 0 saturated heterocycles. The molecule has 1 N–H and O–H groups in total. The fourth-order valence-corrected chi connectivity index (χ4v) is 2.74. The van der Waals surface area contributed by atoms with Crippen LogP contribution in [0.25, 0.3) is 0 Å². The molecule has 0 aliphatic carbocycles. The molecule has 122 valence electrons. The third-order valence-corrected chi connectivity index (χ3v) is 3.78. The van der Waals surface area contributed by atoms with Gasteiger partial charge in [-0.25, -0.2) is 5.01 Å². The number of rotatable bonds is 3. The number of benzene rings is 2. The van der Waals surface area contributed by atoms with E-state index in [2.05, 4.69) is 10.4 Å². The molecule has 5 nitrogen and oxygen atoms in total. The Morgan fingerprint density at radius 2 is 1.71 bits per heavy atom. The van der Waals surface area contributed by atoms with Gasteiger partial charge in [0.05, 0.1) is 5.69 Å². The van der Waals surface area contributed by atoms with Crippen molar-refractivity contribution in [2.75, 3.05) is 10.3 Å². The normalized spacial score (nSPS) is 14.3. The van der Waals surface area contributed by atoms with E-state index in [0.717, 1.165) is 16.8 Å². The topological polar surface area (TPSA) is 61.8 Å². The first-order valence-electron chi connectivity index (χ1n) is 7.88. The average molecular weight is 321 g/mol. The van der Waals surface area contributed by atoms with Crippen molar-refractivity contribution in [1.82, 2.24) is 0 Å². The van der Waals surface area contributed by atoms with Crippen LogP contribution in [0.5, 0.6) is 0 Å². The van der Waals surface area contributed by atoms with Gasteiger partial charge in [-0.2, -0.15) is 5.10 Å². The van der Waals surface area contributed by atoms with Gasteiger partial charge in [-0.15, -0.1) is 0 Å². The van der Waals surface area contributed by atoms with Crippen LogP contribution in [0.4, 0.5) is 11.4 Å². The second-order valence-electron chi connectivity index (χ2n) is 5.92. The van der Waals surface area contributed by atoms with Crippen molar-refractivity contribution in [2.24, 2.45) is 5.10 Å². The monoisotopic (exact) mass is 321 g/mol. The Bertz CT molecular complexity index is 792. The number of nitrogens with one attached hydrogen (secondary N) is 1. The van der Waals surface area contributed by atoms with Gasteiger partial charge in [0.15, 0.2) is 0 Å². The van der Waals surface area contributed by atoms with Gasteiger partial charge >= 0.3 is 0 Å². The van der Waals surface area contributed by atoms with Gasteiger partial charge in [0, 0.05) is 18.5 Å². The number of hydrogen-bond donors (Lipinski definition) is 1. The highest BCUT2D eigenvalue weighted by atomic mass is 16.2. The first-order chi connectivity index (χ1) is 11.5. The van der Waals surface area contributed by atoms with E-state index in [0.29, 0.717) is 17.8 Å². The molecule has 3 rings (SSSR count). The minimum atomic E-state index is -0.270. The zero-order valence-electron chi connectivity index (χ0n) is 13.7. The zero-order valence-corrected chi connectivity index (χ0v) is 13.7. The quantitative estimate of drug-likeness (QED) is 0.941. The summed E-state index contributed by atoms with van der Waals surface area (Å²) < 4.78 is 0. The van der Waals surface area contributed by atoms with Crippen molar-refractivity contribution in [1.29, 1.82) is 0 Å². The van der Waals surface area contributed by atoms with Crippen molar-refractivity contribution >= 4 is 28.9 Å². The van der Waals surface area contributed by atoms with E-state index in [1.165, 1.54) is 5.01 Å². The highest BCUT2D eigenvalue weighted by molar-refractivity contribution is 6.44. The van der Waals surface area contributed by atoms with E-state index < -0.39 is 0 Å². The molecule has 2 aromatic carbocycles. The minimum Gasteiger partial charge on any atom is -0.321 e. The smallest absolute Gasteiger partial charge is 0.271 e. The average Bonchev–Trinajstić information content (AvgIpc) is 2.55. The van der Waals surface area contributed by atoms with E-state index in [4.69, 9.17) is 0 Å². The Morgan fingerprint density at radius 1 is 1.04 bits per heavy atom. The van der Waals surface area contributed by atoms with Gasteiger partial charge in [-0.05, 0) is 49.2 Å². The van der Waals surface area contributed by atoms with Gasteiger partial charge in [-0.3, -0.25) is 9.59 Å². The van der Waals surface area contributed by atoms with Crippen LogP contribution in [-0.4, -0.2) is 17.5 Å². The molecule has 5 heteroatoms. The van der Waals surface area contributed by atoms with Gasteiger partial charge in [0.1, 0.15) is 5.71 Å². The minimum absolute atomic E-state index is 0.107. The Balaban J connectivity index is 1.82. The number of amides is 2. The first kappa shape index (κ1) is 15.9. The maximum absolute atomic E-state index is 12.5. The van der Waals surface area contributed by atoms with Crippen molar-refractivity contribution in [3.8, 4) is 0 Å². The van der Waals surface area contributed by atoms with Crippen LogP contribution in [0.15, 0.2) is 53.6 Å². The van der Waals surface area contributed by atoms with Crippen molar-refractivity contribution in [3.05, 3.63) is 59.7 Å². The molecule has 2 aromatic rings. The molecule has 24 heavy (non-hydrogen) atoms. The molecule has 0 atom stereocenters. The van der Waals surface area contributed by atoms with E-state index in [1.807, 2.05) is 50.2 Å². The molecule has 0 bridgehead atoms. The van der Waals surface area contributed by atoms with Gasteiger partial charge in [0.25, 0.3) is 5.91 Å². The molecule has 1 aliphatic heterocycles. The van der Waals surface area contributed by atoms with E-state index in [9.17, 15) is 9.59 Å². The van der Waals surface area contributed by atoms with Crippen molar-refractivity contribution in [3.63, 3.8) is 0 Å². The second-order valence-corrected chi connectivity index (χ2v) is 5.92. The number of anilines is 2. The molecular weight excluding hydrogens is 302 g/mol. The summed E-state index contributed by atoms with van der Waals surface area (Å²) in [6, 6.07) is 15.0. The van der Waals surface area contributed by atoms with Gasteiger partial charge < -0.3 is 5.32 Å². The lowest BCUT2D eigenvalue weighted by Gasteiger charge is -2.23. The molecule has 0 spiro atoms. The molecule has 0 saturated carbocycles. The number of para-hydroxylation sites is 1. The summed E-state index contributed by atoms with van der Waals surface area (Å²) in [5, 5.41) is 8.44. The number of aryl methyl sites for hydroxylation is 2. The molecule has 1 heterocycles. The summed E-state index contributed by atoms with van der Waals surface area (Å²) in [7, 11) is 0. The lowest BCUT2D eigenvalue weighted by atomic mass is 10.1. The van der Waals surface area contributed by atoms with Crippen LogP contribution in [-0.2, 0) is 9.59 Å². The number of hydrazone groups is 1. The summed E-state index contributed by atoms with van der Waals surface area (Å²) in [6.45, 7) is 3.97. The summed E-state index contributed by atoms with van der Waals surface area (Å²) in [5.74, 6) is -0.377. The summed E-state index contributed by atoms with van der Waals surface area (Å²) in [6.07, 6.45) is 0.618. The maximum atomic E-state index is 12.5. The lowest BCUT2D eigenvalue weighted by molar-refractivity contribution is -0.118. The van der Waals surface area contributed by atoms with E-state index in [-0.39, 0.29) is 18.2 Å². The predicted octanol–water partition coefficient (Wildman–Crippen LogP) is 3.42. The number of nitrogens with zero attached hydrogens (tertiary/aromatic N) is 2. The molecule has 1 aliphatic rings. The van der Waals surface area contributed by atoms with Crippen LogP contribution in [0.3, 0.4) is 0 Å². The van der Waals surface area contributed by atoms with Crippen LogP contribution >= 0.6 is 0 Å². The van der Waals surface area contributed by atoms with Gasteiger partial charge in [0.2, 0.25) is 5.91 Å². The van der Waals surface area contributed by atoms with Crippen LogP contribution in [0, 0.1) is 13.8 Å². The SMILES string of the molecule is Cc1cc(C)cc(NC(=O)C2=NN(c3ccccc3)C(=O)CC2)c1. The molecular formula is C19H19N3O2. The first-order valence-corrected chi connectivity index (χ1v) is 7.88. The van der Waals surface area contributed by atoms with E-state index in [1.54, 1.807) is 12.1 Å². The van der Waals surface area contributed by atoms with Crippen molar-refractivity contribution < 1.29 is 9.59 Å². The standard InChI is InChI=1S/C19H19N3O2/c1-13-10-14(2)12-15(11-13)20-19(24)17-8-9-18(23)22(21-17)16-6-4-3-5-7-16/h3-7,10-12H,8-9H2,1-2H3,(H,20,24). The lowest BCUT2D eigenvalue weighted by Crippen LogP contribution is -2.36. The largest absolute Gasteiger partial charge is 0.321 e. The van der Waals surface area contributed by atoms with Gasteiger partial charge in [-0.1, -0.05) is 24.3 Å². The number of carbonyl (C=O) groups is 2. The van der Waals surface area contributed by atoms with Crippen LogP contribution < -0.4 is 10.3 Å². The fraction of sp³-hybridized carbons (Fsp3) is 0.211. The highest BCUT2D eigenvalue weighted by Crippen LogP contribution is 2.20. The fourth-order valence-electron chi connectivity index (χ4n) is 2.74. The molecule has 2 amide bonds. The molecule has 0 aromatic heterocycles. The third kappa shape index (κ3) is 3.51. The highest BCUT2D eigenvalue weighted by Gasteiger charge is 2.25. The Labute approximate surface area is 141 Å². The molecule has 0 fully saturated rings. The Kier molecular flexibility index (Phi) is 4.42. The van der Waals surface area contributed by atoms with Crippen molar-refractivity contribution in [2.45, 2.75) is 26.7 Å². The third-order valence-electron chi connectivity index (χ3n) is 3.78. The summed E-state index contributed by atoms with van der Waals surface area (Å²) >= 11 is 0. The Hall–Kier alpha value is -2.95. The molecule has 0 radical (unpaired) electrons. The Morgan fingerprint density at radius 3 is 2.38 bits per heavy atom. The number of hydrogen-bond acceptors (Lipinski definition) is 3. The van der Waals surface area contributed by atoms with E-state index >= 15 is 0 Å². The molecule has 0 unspecified atom stereocenters. The summed E-state index contributed by atoms with van der Waals surface area (Å²) in [4.78, 5) is 24.6. The van der Waals surface area contributed by atoms with Crippen LogP contribution in [0.2, 0.25) is 0 Å². The summed E-state index contributed by atoms with van der Waals surface area (Å²) in [5.41, 5.74) is 3.92. The van der Waals surface area contributed by atoms with Crippen LogP contribution in [0.1, 0.15) is 24.0 Å². The maximum Gasteiger partial charge on any atom is 0.271 e.